The minimum atomic E-state index is -4.65. The number of Topliss-reactive ketones (excluding diaryl/α,β-unsaturated/α-hetero) is 1. The fourth-order valence-electron chi connectivity index (χ4n) is 4.52. The molecule has 0 aliphatic carbocycles. The van der Waals surface area contributed by atoms with Crippen LogP contribution < -0.4 is 0 Å². The van der Waals surface area contributed by atoms with Gasteiger partial charge in [-0.1, -0.05) is 30.3 Å². The standard InChI is InChI=1S/C22H22F3N3O3/c23-22(24,25)20-26-11-16(12-27-20)19(29)15-9-17-7-4-8-18(10-15)28(17)21(30)31-13-14-5-2-1-3-6-14/h1-3,5-6,11-12,15,17-18H,4,7-10,13H2. The lowest BCUT2D eigenvalue weighted by Crippen LogP contribution is -2.55. The molecule has 9 heteroatoms. The molecule has 2 unspecified atom stereocenters. The fraction of sp³-hybridized carbons (Fsp3) is 0.455. The minimum absolute atomic E-state index is 0.0659. The second kappa shape index (κ2) is 8.64. The number of carbonyl (C=O) groups is 2. The van der Waals surface area contributed by atoms with Gasteiger partial charge in [0.2, 0.25) is 5.82 Å². The summed E-state index contributed by atoms with van der Waals surface area (Å²) >= 11 is 0. The van der Waals surface area contributed by atoms with Crippen LogP contribution in [-0.2, 0) is 17.5 Å². The largest absolute Gasteiger partial charge is 0.451 e. The van der Waals surface area contributed by atoms with E-state index in [1.165, 1.54) is 0 Å². The van der Waals surface area contributed by atoms with Crippen LogP contribution in [0.4, 0.5) is 18.0 Å². The van der Waals surface area contributed by atoms with E-state index >= 15 is 0 Å². The van der Waals surface area contributed by atoms with Crippen molar-refractivity contribution in [2.24, 2.45) is 5.92 Å². The maximum absolute atomic E-state index is 12.9. The number of ether oxygens (including phenoxy) is 1. The van der Waals surface area contributed by atoms with Crippen LogP contribution in [0.2, 0.25) is 0 Å². The Morgan fingerprint density at radius 3 is 2.23 bits per heavy atom. The van der Waals surface area contributed by atoms with Gasteiger partial charge in [-0.15, -0.1) is 0 Å². The average Bonchev–Trinajstić information content (AvgIpc) is 2.76. The maximum Gasteiger partial charge on any atom is 0.451 e. The molecule has 2 saturated heterocycles. The molecule has 31 heavy (non-hydrogen) atoms. The molecule has 3 heterocycles. The predicted molar refractivity (Wildman–Crippen MR) is 104 cm³/mol. The van der Waals surface area contributed by atoms with Crippen LogP contribution in [0.15, 0.2) is 42.7 Å². The topological polar surface area (TPSA) is 72.4 Å². The number of carbonyl (C=O) groups excluding carboxylic acids is 2. The van der Waals surface area contributed by atoms with E-state index in [1.807, 2.05) is 30.3 Å². The Hall–Kier alpha value is -2.97. The van der Waals surface area contributed by atoms with E-state index in [9.17, 15) is 22.8 Å². The minimum Gasteiger partial charge on any atom is -0.445 e. The van der Waals surface area contributed by atoms with E-state index in [1.54, 1.807) is 4.90 Å². The first-order chi connectivity index (χ1) is 14.8. The van der Waals surface area contributed by atoms with Crippen LogP contribution >= 0.6 is 0 Å². The van der Waals surface area contributed by atoms with Crippen molar-refractivity contribution >= 4 is 11.9 Å². The van der Waals surface area contributed by atoms with E-state index in [0.717, 1.165) is 37.2 Å². The van der Waals surface area contributed by atoms with Crippen LogP contribution in [0, 0.1) is 5.92 Å². The smallest absolute Gasteiger partial charge is 0.445 e. The number of hydrogen-bond acceptors (Lipinski definition) is 5. The lowest BCUT2D eigenvalue weighted by Gasteiger charge is -2.47. The normalized spacial score (nSPS) is 23.3. The van der Waals surface area contributed by atoms with Gasteiger partial charge < -0.3 is 9.64 Å². The van der Waals surface area contributed by atoms with Crippen molar-refractivity contribution < 1.29 is 27.5 Å². The SMILES string of the molecule is O=C(c1cnc(C(F)(F)F)nc1)C1CC2CCCC(C1)N2C(=O)OCc1ccccc1. The van der Waals surface area contributed by atoms with Gasteiger partial charge in [-0.05, 0) is 37.7 Å². The summed E-state index contributed by atoms with van der Waals surface area (Å²) in [5, 5.41) is 0. The van der Waals surface area contributed by atoms with Crippen molar-refractivity contribution in [1.82, 2.24) is 14.9 Å². The van der Waals surface area contributed by atoms with Gasteiger partial charge in [-0.2, -0.15) is 13.2 Å². The molecule has 2 aliphatic heterocycles. The van der Waals surface area contributed by atoms with Gasteiger partial charge in [0, 0.05) is 30.4 Å². The molecule has 0 radical (unpaired) electrons. The zero-order valence-electron chi connectivity index (χ0n) is 16.7. The van der Waals surface area contributed by atoms with Gasteiger partial charge in [0.25, 0.3) is 0 Å². The zero-order valence-corrected chi connectivity index (χ0v) is 16.7. The van der Waals surface area contributed by atoms with Crippen molar-refractivity contribution in [3.8, 4) is 0 Å². The second-order valence-corrected chi connectivity index (χ2v) is 8.01. The molecule has 2 fully saturated rings. The zero-order chi connectivity index (χ0) is 22.0. The van der Waals surface area contributed by atoms with Gasteiger partial charge in [0.05, 0.1) is 5.56 Å². The molecule has 2 atom stereocenters. The summed E-state index contributed by atoms with van der Waals surface area (Å²) in [6.45, 7) is 0.181. The Morgan fingerprint density at radius 2 is 1.65 bits per heavy atom. The van der Waals surface area contributed by atoms with Crippen molar-refractivity contribution in [3.05, 3.63) is 59.7 Å². The van der Waals surface area contributed by atoms with E-state index < -0.39 is 12.0 Å². The summed E-state index contributed by atoms with van der Waals surface area (Å²) in [6, 6.07) is 9.15. The van der Waals surface area contributed by atoms with Crippen LogP contribution in [0.25, 0.3) is 0 Å². The fourth-order valence-corrected chi connectivity index (χ4v) is 4.52. The third-order valence-corrected chi connectivity index (χ3v) is 5.95. The average molecular weight is 433 g/mol. The Bertz CT molecular complexity index is 921. The van der Waals surface area contributed by atoms with E-state index in [2.05, 4.69) is 9.97 Å². The monoisotopic (exact) mass is 433 g/mol. The van der Waals surface area contributed by atoms with Crippen LogP contribution in [0.3, 0.4) is 0 Å². The number of halogens is 3. The predicted octanol–water partition coefficient (Wildman–Crippen LogP) is 4.65. The number of hydrogen-bond donors (Lipinski definition) is 0. The molecule has 0 saturated carbocycles. The first-order valence-electron chi connectivity index (χ1n) is 10.3. The Balaban J connectivity index is 1.41. The number of alkyl halides is 3. The third-order valence-electron chi connectivity index (χ3n) is 5.95. The molecule has 0 spiro atoms. The Morgan fingerprint density at radius 1 is 1.03 bits per heavy atom. The van der Waals surface area contributed by atoms with Crippen LogP contribution in [0.1, 0.15) is 53.8 Å². The summed E-state index contributed by atoms with van der Waals surface area (Å²) in [5.74, 6) is -1.92. The molecule has 2 aromatic rings. The molecule has 4 rings (SSSR count). The highest BCUT2D eigenvalue weighted by Gasteiger charge is 2.44. The highest BCUT2D eigenvalue weighted by molar-refractivity contribution is 5.97. The molecule has 1 aromatic heterocycles. The quantitative estimate of drug-likeness (QED) is 0.657. The number of aromatic nitrogens is 2. The summed E-state index contributed by atoms with van der Waals surface area (Å²) < 4.78 is 43.5. The number of piperidine rings is 2. The summed E-state index contributed by atoms with van der Waals surface area (Å²) in [6.07, 6.45) is 0.249. The van der Waals surface area contributed by atoms with Gasteiger partial charge in [0.15, 0.2) is 5.78 Å². The van der Waals surface area contributed by atoms with Crippen molar-refractivity contribution in [1.29, 1.82) is 0 Å². The highest BCUT2D eigenvalue weighted by Crippen LogP contribution is 2.39. The Kier molecular flexibility index (Phi) is 5.93. The number of rotatable bonds is 4. The molecule has 1 aromatic carbocycles. The summed E-state index contributed by atoms with van der Waals surface area (Å²) in [7, 11) is 0. The second-order valence-electron chi connectivity index (χ2n) is 8.01. The van der Waals surface area contributed by atoms with Gasteiger partial charge >= 0.3 is 12.3 Å². The van der Waals surface area contributed by atoms with E-state index in [-0.39, 0.29) is 42.0 Å². The van der Waals surface area contributed by atoms with E-state index in [0.29, 0.717) is 12.8 Å². The van der Waals surface area contributed by atoms with Crippen molar-refractivity contribution in [2.45, 2.75) is 57.0 Å². The number of nitrogens with zero attached hydrogens (tertiary/aromatic N) is 3. The molecule has 2 aliphatic rings. The molecule has 6 nitrogen and oxygen atoms in total. The molecular formula is C22H22F3N3O3. The summed E-state index contributed by atoms with van der Waals surface area (Å²) in [4.78, 5) is 34.0. The first kappa shape index (κ1) is 21.3. The van der Waals surface area contributed by atoms with E-state index in [4.69, 9.17) is 4.74 Å². The lowest BCUT2D eigenvalue weighted by atomic mass is 9.76. The molecular weight excluding hydrogens is 411 g/mol. The molecule has 2 bridgehead atoms. The number of amides is 1. The Labute approximate surface area is 177 Å². The van der Waals surface area contributed by atoms with Crippen LogP contribution in [-0.4, -0.2) is 38.8 Å². The first-order valence-corrected chi connectivity index (χ1v) is 10.3. The molecule has 164 valence electrons. The number of ketones is 1. The summed E-state index contributed by atoms with van der Waals surface area (Å²) in [5.41, 5.74) is 0.963. The lowest BCUT2D eigenvalue weighted by molar-refractivity contribution is -0.145. The third kappa shape index (κ3) is 4.70. The highest BCUT2D eigenvalue weighted by atomic mass is 19.4. The number of benzene rings is 1. The molecule has 1 amide bonds. The maximum atomic E-state index is 12.9. The van der Waals surface area contributed by atoms with Gasteiger partial charge in [-0.25, -0.2) is 14.8 Å². The van der Waals surface area contributed by atoms with Gasteiger partial charge in [0.1, 0.15) is 6.61 Å². The molecule has 0 N–H and O–H groups in total. The van der Waals surface area contributed by atoms with Crippen LogP contribution in [0.5, 0.6) is 0 Å². The van der Waals surface area contributed by atoms with Crippen molar-refractivity contribution in [3.63, 3.8) is 0 Å². The van der Waals surface area contributed by atoms with Crippen molar-refractivity contribution in [2.75, 3.05) is 0 Å². The van der Waals surface area contributed by atoms with Gasteiger partial charge in [-0.3, -0.25) is 4.79 Å². The number of fused-ring (bicyclic) bond motifs is 2.